The van der Waals surface area contributed by atoms with Crippen LogP contribution in [0.2, 0.25) is 0 Å². The number of hydrogen-bond acceptors (Lipinski definition) is 8. The van der Waals surface area contributed by atoms with Crippen LogP contribution < -0.4 is 0 Å². The Labute approximate surface area is 159 Å². The van der Waals surface area contributed by atoms with E-state index in [-0.39, 0.29) is 13.2 Å². The summed E-state index contributed by atoms with van der Waals surface area (Å²) < 4.78 is 26.8. The molecule has 1 fully saturated rings. The molecule has 0 unspecified atom stereocenters. The molecule has 1 rings (SSSR count). The van der Waals surface area contributed by atoms with Gasteiger partial charge in [-0.15, -0.1) is 6.58 Å². The summed E-state index contributed by atoms with van der Waals surface area (Å²) in [4.78, 5) is 34.3. The molecular weight excluding hydrogens is 356 g/mol. The molecule has 8 heteroatoms. The Balaban J connectivity index is 2.77. The van der Waals surface area contributed by atoms with Crippen LogP contribution in [-0.2, 0) is 38.1 Å². The highest BCUT2D eigenvalue weighted by molar-refractivity contribution is 5.68. The first-order valence-corrected chi connectivity index (χ1v) is 8.86. The zero-order valence-corrected chi connectivity index (χ0v) is 16.1. The quantitative estimate of drug-likeness (QED) is 0.244. The average molecular weight is 384 g/mol. The van der Waals surface area contributed by atoms with Crippen molar-refractivity contribution in [2.45, 2.75) is 64.6 Å². The number of unbranched alkanes of at least 4 members (excludes halogenated alkanes) is 2. The Kier molecular flexibility index (Phi) is 10.4. The predicted molar refractivity (Wildman–Crippen MR) is 95.5 cm³/mol. The van der Waals surface area contributed by atoms with Crippen LogP contribution in [0.5, 0.6) is 0 Å². The van der Waals surface area contributed by atoms with Crippen LogP contribution in [0.15, 0.2) is 24.8 Å². The van der Waals surface area contributed by atoms with Crippen molar-refractivity contribution in [3.8, 4) is 0 Å². The van der Waals surface area contributed by atoms with Crippen molar-refractivity contribution in [3.63, 3.8) is 0 Å². The first-order chi connectivity index (χ1) is 12.8. The standard InChI is InChI=1S/C19H28O8/c1-5-6-7-8-9-10-11-23-19-18(27-15(4)22)17(26-14(3)21)16(12-24-19)25-13(2)20/h5,9-10,16-19H,1,6-8,11-12H2,2-4H3/b10-9-/t16-,17-,18+,19-/m0/s1. The van der Waals surface area contributed by atoms with Gasteiger partial charge >= 0.3 is 17.9 Å². The fraction of sp³-hybridized carbons (Fsp3) is 0.632. The maximum absolute atomic E-state index is 11.5. The minimum Gasteiger partial charge on any atom is -0.456 e. The molecule has 152 valence electrons. The number of carbonyl (C=O) groups excluding carboxylic acids is 3. The summed E-state index contributed by atoms with van der Waals surface area (Å²) in [6.45, 7) is 7.50. The maximum atomic E-state index is 11.5. The highest BCUT2D eigenvalue weighted by Crippen LogP contribution is 2.25. The number of hydrogen-bond donors (Lipinski definition) is 0. The van der Waals surface area contributed by atoms with Crippen molar-refractivity contribution in [2.75, 3.05) is 13.2 Å². The van der Waals surface area contributed by atoms with Gasteiger partial charge in [0.1, 0.15) is 0 Å². The number of ether oxygens (including phenoxy) is 5. The zero-order valence-electron chi connectivity index (χ0n) is 16.1. The molecule has 0 radical (unpaired) electrons. The molecule has 0 aliphatic carbocycles. The van der Waals surface area contributed by atoms with Gasteiger partial charge in [-0.3, -0.25) is 14.4 Å². The minimum atomic E-state index is -1.06. The van der Waals surface area contributed by atoms with Crippen molar-refractivity contribution < 1.29 is 38.1 Å². The number of esters is 3. The van der Waals surface area contributed by atoms with E-state index in [9.17, 15) is 14.4 Å². The van der Waals surface area contributed by atoms with Crippen molar-refractivity contribution in [1.29, 1.82) is 0 Å². The van der Waals surface area contributed by atoms with Gasteiger partial charge in [-0.1, -0.05) is 18.2 Å². The average Bonchev–Trinajstić information content (AvgIpc) is 2.57. The van der Waals surface area contributed by atoms with Gasteiger partial charge in [0.15, 0.2) is 24.6 Å². The van der Waals surface area contributed by atoms with E-state index < -0.39 is 42.5 Å². The fourth-order valence-corrected chi connectivity index (χ4v) is 2.57. The molecule has 0 aromatic carbocycles. The van der Waals surface area contributed by atoms with Gasteiger partial charge in [0.25, 0.3) is 0 Å². The normalized spacial score (nSPS) is 25.0. The molecule has 0 spiro atoms. The lowest BCUT2D eigenvalue weighted by molar-refractivity contribution is -0.278. The molecule has 1 heterocycles. The molecule has 1 saturated heterocycles. The van der Waals surface area contributed by atoms with Crippen LogP contribution in [0.4, 0.5) is 0 Å². The number of rotatable bonds is 10. The van der Waals surface area contributed by atoms with E-state index >= 15 is 0 Å². The lowest BCUT2D eigenvalue weighted by atomic mass is 10.0. The molecule has 27 heavy (non-hydrogen) atoms. The van der Waals surface area contributed by atoms with Gasteiger partial charge in [0.2, 0.25) is 0 Å². The molecule has 0 saturated carbocycles. The van der Waals surface area contributed by atoms with Crippen LogP contribution in [0.25, 0.3) is 0 Å². The summed E-state index contributed by atoms with van der Waals surface area (Å²) in [7, 11) is 0. The van der Waals surface area contributed by atoms with E-state index in [1.165, 1.54) is 20.8 Å². The van der Waals surface area contributed by atoms with Crippen LogP contribution in [0.1, 0.15) is 40.0 Å². The monoisotopic (exact) mass is 384 g/mol. The molecule has 0 aromatic heterocycles. The molecule has 4 atom stereocenters. The van der Waals surface area contributed by atoms with Gasteiger partial charge in [0.05, 0.1) is 13.2 Å². The second-order valence-electron chi connectivity index (χ2n) is 6.02. The highest BCUT2D eigenvalue weighted by Gasteiger charge is 2.47. The Morgan fingerprint density at radius 2 is 1.59 bits per heavy atom. The number of allylic oxidation sites excluding steroid dienone is 2. The Hall–Kier alpha value is -2.19. The third-order valence-electron chi connectivity index (χ3n) is 3.61. The molecule has 8 nitrogen and oxygen atoms in total. The smallest absolute Gasteiger partial charge is 0.303 e. The number of carbonyl (C=O) groups is 3. The van der Waals surface area contributed by atoms with Gasteiger partial charge in [-0.05, 0) is 19.3 Å². The van der Waals surface area contributed by atoms with E-state index in [1.807, 2.05) is 18.2 Å². The SMILES string of the molecule is C=CCCC/C=C\CO[C@H]1OC[C@H](OC(C)=O)[C@H](OC(C)=O)[C@H]1OC(C)=O. The van der Waals surface area contributed by atoms with Crippen molar-refractivity contribution in [1.82, 2.24) is 0 Å². The van der Waals surface area contributed by atoms with Gasteiger partial charge in [0, 0.05) is 20.8 Å². The summed E-state index contributed by atoms with van der Waals surface area (Å²) in [6, 6.07) is 0. The van der Waals surface area contributed by atoms with E-state index in [0.717, 1.165) is 19.3 Å². The molecule has 1 aliphatic rings. The first-order valence-electron chi connectivity index (χ1n) is 8.86. The van der Waals surface area contributed by atoms with Crippen LogP contribution in [0.3, 0.4) is 0 Å². The molecule has 0 N–H and O–H groups in total. The summed E-state index contributed by atoms with van der Waals surface area (Å²) in [5, 5.41) is 0. The summed E-state index contributed by atoms with van der Waals surface area (Å²) >= 11 is 0. The summed E-state index contributed by atoms with van der Waals surface area (Å²) in [5.41, 5.74) is 0. The summed E-state index contributed by atoms with van der Waals surface area (Å²) in [6.07, 6.45) is 4.55. The lowest BCUT2D eigenvalue weighted by Crippen LogP contribution is -2.58. The second-order valence-corrected chi connectivity index (χ2v) is 6.02. The largest absolute Gasteiger partial charge is 0.456 e. The third-order valence-corrected chi connectivity index (χ3v) is 3.61. The van der Waals surface area contributed by atoms with E-state index in [0.29, 0.717) is 0 Å². The second kappa shape index (κ2) is 12.2. The van der Waals surface area contributed by atoms with Crippen LogP contribution >= 0.6 is 0 Å². The maximum Gasteiger partial charge on any atom is 0.303 e. The van der Waals surface area contributed by atoms with Crippen molar-refractivity contribution in [3.05, 3.63) is 24.8 Å². The van der Waals surface area contributed by atoms with E-state index in [4.69, 9.17) is 23.7 Å². The lowest BCUT2D eigenvalue weighted by Gasteiger charge is -2.40. The van der Waals surface area contributed by atoms with E-state index in [2.05, 4.69) is 6.58 Å². The third kappa shape index (κ3) is 8.83. The molecule has 1 aliphatic heterocycles. The highest BCUT2D eigenvalue weighted by atomic mass is 16.7. The summed E-state index contributed by atoms with van der Waals surface area (Å²) in [5.74, 6) is -1.76. The van der Waals surface area contributed by atoms with E-state index in [1.54, 1.807) is 0 Å². The fourth-order valence-electron chi connectivity index (χ4n) is 2.57. The molecule has 0 aromatic rings. The minimum absolute atomic E-state index is 0.0526. The van der Waals surface area contributed by atoms with Crippen molar-refractivity contribution in [2.24, 2.45) is 0 Å². The Morgan fingerprint density at radius 3 is 2.19 bits per heavy atom. The van der Waals surface area contributed by atoms with Crippen LogP contribution in [0, 0.1) is 0 Å². The van der Waals surface area contributed by atoms with Gasteiger partial charge in [-0.2, -0.15) is 0 Å². The topological polar surface area (TPSA) is 97.4 Å². The molecule has 0 bridgehead atoms. The first kappa shape index (κ1) is 22.9. The van der Waals surface area contributed by atoms with Crippen LogP contribution in [-0.4, -0.2) is 55.7 Å². The molecular formula is C19H28O8. The van der Waals surface area contributed by atoms with Gasteiger partial charge in [-0.25, -0.2) is 0 Å². The van der Waals surface area contributed by atoms with Crippen molar-refractivity contribution >= 4 is 17.9 Å². The Bertz CT molecular complexity index is 542. The predicted octanol–water partition coefficient (Wildman–Crippen LogP) is 2.07. The zero-order chi connectivity index (χ0) is 20.2. The Morgan fingerprint density at radius 1 is 0.963 bits per heavy atom. The van der Waals surface area contributed by atoms with Gasteiger partial charge < -0.3 is 23.7 Å². The molecule has 0 amide bonds.